The molecule has 1 fully saturated rings. The summed E-state index contributed by atoms with van der Waals surface area (Å²) >= 11 is 0. The van der Waals surface area contributed by atoms with Crippen molar-refractivity contribution >= 4 is 16.9 Å². The minimum Gasteiger partial charge on any atom is -0.372 e. The molecule has 1 saturated heterocycles. The predicted octanol–water partition coefficient (Wildman–Crippen LogP) is 1.18. The summed E-state index contributed by atoms with van der Waals surface area (Å²) in [6.07, 6.45) is 5.42. The normalized spacial score (nSPS) is 20.4. The lowest BCUT2D eigenvalue weighted by atomic mass is 10.3. The van der Waals surface area contributed by atoms with Crippen molar-refractivity contribution in [1.29, 1.82) is 0 Å². The highest BCUT2D eigenvalue weighted by molar-refractivity contribution is 5.85. The smallest absolute Gasteiger partial charge is 0.165 e. The Morgan fingerprint density at radius 2 is 2.44 bits per heavy atom. The molecular formula is C10H13N5O. The summed E-state index contributed by atoms with van der Waals surface area (Å²) in [4.78, 5) is 8.41. The molecule has 0 radical (unpaired) electrons. The molecule has 1 aliphatic heterocycles. The topological polar surface area (TPSA) is 64.9 Å². The average Bonchev–Trinajstić information content (AvgIpc) is 2.96. The van der Waals surface area contributed by atoms with Crippen molar-refractivity contribution in [2.45, 2.75) is 19.1 Å². The minimum absolute atomic E-state index is 0.0251. The Labute approximate surface area is 92.6 Å². The standard InChI is InChI=1S/C10H13N5O/c1-11-9-7-5-14-15(8-3-2-4-16-8)10(7)13-6-12-9/h5-6,8H,2-4H2,1H3,(H,11,12,13)/t8-/m1/s1. The maximum absolute atomic E-state index is 5.60. The van der Waals surface area contributed by atoms with Crippen LogP contribution < -0.4 is 5.32 Å². The van der Waals surface area contributed by atoms with Gasteiger partial charge in [0.1, 0.15) is 12.1 Å². The lowest BCUT2D eigenvalue weighted by Crippen LogP contribution is -2.09. The summed E-state index contributed by atoms with van der Waals surface area (Å²) in [5.74, 6) is 0.800. The van der Waals surface area contributed by atoms with Crippen LogP contribution in [0.4, 0.5) is 5.82 Å². The van der Waals surface area contributed by atoms with Crippen LogP contribution in [-0.2, 0) is 4.74 Å². The van der Waals surface area contributed by atoms with Gasteiger partial charge < -0.3 is 10.1 Å². The molecular weight excluding hydrogens is 206 g/mol. The van der Waals surface area contributed by atoms with Crippen LogP contribution in [0.1, 0.15) is 19.1 Å². The molecule has 1 atom stereocenters. The highest BCUT2D eigenvalue weighted by Gasteiger charge is 2.21. The van der Waals surface area contributed by atoms with E-state index in [4.69, 9.17) is 4.74 Å². The van der Waals surface area contributed by atoms with Crippen LogP contribution >= 0.6 is 0 Å². The van der Waals surface area contributed by atoms with E-state index in [2.05, 4.69) is 20.4 Å². The SMILES string of the molecule is CNc1ncnc2c1cnn2[C@H]1CCCO1. The Morgan fingerprint density at radius 3 is 3.19 bits per heavy atom. The van der Waals surface area contributed by atoms with Gasteiger partial charge in [0.2, 0.25) is 0 Å². The number of anilines is 1. The van der Waals surface area contributed by atoms with E-state index >= 15 is 0 Å². The fraction of sp³-hybridized carbons (Fsp3) is 0.500. The van der Waals surface area contributed by atoms with Crippen molar-refractivity contribution in [3.8, 4) is 0 Å². The van der Waals surface area contributed by atoms with Crippen molar-refractivity contribution < 1.29 is 4.74 Å². The zero-order valence-corrected chi connectivity index (χ0v) is 9.05. The quantitative estimate of drug-likeness (QED) is 0.821. The molecule has 2 aromatic rings. The molecule has 0 aliphatic carbocycles. The molecule has 6 nitrogen and oxygen atoms in total. The molecule has 6 heteroatoms. The van der Waals surface area contributed by atoms with Crippen LogP contribution in [0.15, 0.2) is 12.5 Å². The molecule has 84 valence electrons. The molecule has 0 bridgehead atoms. The van der Waals surface area contributed by atoms with Gasteiger partial charge in [-0.1, -0.05) is 0 Å². The summed E-state index contributed by atoms with van der Waals surface area (Å²) < 4.78 is 7.44. The van der Waals surface area contributed by atoms with E-state index in [1.165, 1.54) is 0 Å². The molecule has 3 heterocycles. The molecule has 1 aliphatic rings. The minimum atomic E-state index is 0.0251. The monoisotopic (exact) mass is 219 g/mol. The third-order valence-electron chi connectivity index (χ3n) is 2.81. The number of hydrogen-bond acceptors (Lipinski definition) is 5. The van der Waals surface area contributed by atoms with E-state index in [1.54, 1.807) is 12.5 Å². The van der Waals surface area contributed by atoms with Crippen molar-refractivity contribution in [3.05, 3.63) is 12.5 Å². The molecule has 0 amide bonds. The van der Waals surface area contributed by atoms with Crippen LogP contribution in [0, 0.1) is 0 Å². The predicted molar refractivity (Wildman–Crippen MR) is 59.1 cm³/mol. The van der Waals surface area contributed by atoms with Gasteiger partial charge in [0.15, 0.2) is 11.9 Å². The summed E-state index contributed by atoms with van der Waals surface area (Å²) in [6.45, 7) is 0.802. The zero-order valence-electron chi connectivity index (χ0n) is 9.05. The maximum Gasteiger partial charge on any atom is 0.165 e. The van der Waals surface area contributed by atoms with Gasteiger partial charge in [-0.25, -0.2) is 14.6 Å². The van der Waals surface area contributed by atoms with Gasteiger partial charge in [-0.2, -0.15) is 5.10 Å². The first kappa shape index (κ1) is 9.53. The van der Waals surface area contributed by atoms with Gasteiger partial charge in [-0.15, -0.1) is 0 Å². The van der Waals surface area contributed by atoms with Crippen molar-refractivity contribution in [1.82, 2.24) is 19.7 Å². The van der Waals surface area contributed by atoms with Gasteiger partial charge in [-0.3, -0.25) is 0 Å². The summed E-state index contributed by atoms with van der Waals surface area (Å²) in [6, 6.07) is 0. The number of ether oxygens (including phenoxy) is 1. The number of fused-ring (bicyclic) bond motifs is 1. The van der Waals surface area contributed by atoms with E-state index in [-0.39, 0.29) is 6.23 Å². The van der Waals surface area contributed by atoms with E-state index in [0.717, 1.165) is 36.3 Å². The Kier molecular flexibility index (Phi) is 2.21. The van der Waals surface area contributed by atoms with Gasteiger partial charge in [0.05, 0.1) is 11.6 Å². The van der Waals surface area contributed by atoms with Crippen LogP contribution in [0.5, 0.6) is 0 Å². The number of nitrogens with one attached hydrogen (secondary N) is 1. The number of rotatable bonds is 2. The molecule has 0 saturated carbocycles. The molecule has 2 aromatic heterocycles. The highest BCUT2D eigenvalue weighted by atomic mass is 16.5. The van der Waals surface area contributed by atoms with Crippen molar-refractivity contribution in [3.63, 3.8) is 0 Å². The first-order chi connectivity index (χ1) is 7.90. The molecule has 3 rings (SSSR count). The van der Waals surface area contributed by atoms with Gasteiger partial charge in [-0.05, 0) is 12.8 Å². The molecule has 0 aromatic carbocycles. The number of nitrogens with zero attached hydrogens (tertiary/aromatic N) is 4. The Hall–Kier alpha value is -1.69. The molecule has 0 spiro atoms. The average molecular weight is 219 g/mol. The second-order valence-corrected chi connectivity index (χ2v) is 3.77. The van der Waals surface area contributed by atoms with E-state index < -0.39 is 0 Å². The lowest BCUT2D eigenvalue weighted by molar-refractivity contribution is 0.0499. The largest absolute Gasteiger partial charge is 0.372 e. The molecule has 0 unspecified atom stereocenters. The number of aromatic nitrogens is 4. The van der Waals surface area contributed by atoms with Crippen molar-refractivity contribution in [2.75, 3.05) is 19.0 Å². The van der Waals surface area contributed by atoms with Crippen molar-refractivity contribution in [2.24, 2.45) is 0 Å². The summed E-state index contributed by atoms with van der Waals surface area (Å²) in [7, 11) is 1.84. The Balaban J connectivity index is 2.12. The van der Waals surface area contributed by atoms with E-state index in [0.29, 0.717) is 0 Å². The fourth-order valence-corrected chi connectivity index (χ4v) is 2.03. The molecule has 1 N–H and O–H groups in total. The lowest BCUT2D eigenvalue weighted by Gasteiger charge is -2.10. The maximum atomic E-state index is 5.60. The van der Waals surface area contributed by atoms with Gasteiger partial charge in [0.25, 0.3) is 0 Å². The summed E-state index contributed by atoms with van der Waals surface area (Å²) in [5.41, 5.74) is 0.825. The first-order valence-electron chi connectivity index (χ1n) is 5.37. The number of hydrogen-bond donors (Lipinski definition) is 1. The third kappa shape index (κ3) is 1.34. The highest BCUT2D eigenvalue weighted by Crippen LogP contribution is 2.27. The second kappa shape index (κ2) is 3.71. The Bertz CT molecular complexity index is 503. The van der Waals surface area contributed by atoms with E-state index in [1.807, 2.05) is 11.7 Å². The Morgan fingerprint density at radius 1 is 1.50 bits per heavy atom. The first-order valence-corrected chi connectivity index (χ1v) is 5.37. The summed E-state index contributed by atoms with van der Waals surface area (Å²) in [5, 5.41) is 8.29. The van der Waals surface area contributed by atoms with Crippen LogP contribution in [0.25, 0.3) is 11.0 Å². The van der Waals surface area contributed by atoms with Crippen LogP contribution in [-0.4, -0.2) is 33.4 Å². The second-order valence-electron chi connectivity index (χ2n) is 3.77. The van der Waals surface area contributed by atoms with Gasteiger partial charge >= 0.3 is 0 Å². The zero-order chi connectivity index (χ0) is 11.0. The van der Waals surface area contributed by atoms with Crippen LogP contribution in [0.3, 0.4) is 0 Å². The molecule has 16 heavy (non-hydrogen) atoms. The fourth-order valence-electron chi connectivity index (χ4n) is 2.03. The third-order valence-corrected chi connectivity index (χ3v) is 2.81. The van der Waals surface area contributed by atoms with Gasteiger partial charge in [0, 0.05) is 13.7 Å². The van der Waals surface area contributed by atoms with Crippen LogP contribution in [0.2, 0.25) is 0 Å². The van der Waals surface area contributed by atoms with E-state index in [9.17, 15) is 0 Å².